The number of aliphatic hydroxyl groups excluding tert-OH is 2. The Morgan fingerprint density at radius 2 is 1.79 bits per heavy atom. The van der Waals surface area contributed by atoms with Crippen LogP contribution in [0.4, 0.5) is 0 Å². The molecular weight excluding hydrogens is 250 g/mol. The second-order valence-corrected chi connectivity index (χ2v) is 4.12. The molecule has 3 N–H and O–H groups in total. The van der Waals surface area contributed by atoms with Crippen LogP contribution in [0.25, 0.3) is 0 Å². The van der Waals surface area contributed by atoms with Gasteiger partial charge in [-0.3, -0.25) is 4.79 Å². The van der Waals surface area contributed by atoms with Crippen LogP contribution in [0.5, 0.6) is 0 Å². The molecule has 0 aliphatic carbocycles. The summed E-state index contributed by atoms with van der Waals surface area (Å²) in [6, 6.07) is 7.44. The van der Waals surface area contributed by atoms with Gasteiger partial charge >= 0.3 is 5.97 Å². The Bertz CT molecular complexity index is 443. The lowest BCUT2D eigenvalue weighted by Crippen LogP contribution is -2.45. The monoisotopic (exact) mass is 267 g/mol. The average molecular weight is 267 g/mol. The van der Waals surface area contributed by atoms with Gasteiger partial charge in [-0.1, -0.05) is 29.8 Å². The zero-order valence-electron chi connectivity index (χ0n) is 10.8. The minimum atomic E-state index is -1.89. The van der Waals surface area contributed by atoms with E-state index in [2.05, 4.69) is 10.1 Å². The number of aliphatic hydroxyl groups is 2. The number of aryl methyl sites for hydroxylation is 1. The summed E-state index contributed by atoms with van der Waals surface area (Å²) in [5.41, 5.74) is 1.94. The van der Waals surface area contributed by atoms with E-state index in [0.29, 0.717) is 0 Å². The number of carbonyl (C=O) groups is 2. The Kier molecular flexibility index (Phi) is 5.47. The third kappa shape index (κ3) is 4.35. The van der Waals surface area contributed by atoms with Gasteiger partial charge in [0.05, 0.1) is 7.11 Å². The van der Waals surface area contributed by atoms with Crippen LogP contribution in [0.15, 0.2) is 24.3 Å². The molecule has 0 aliphatic rings. The van der Waals surface area contributed by atoms with Gasteiger partial charge in [0.15, 0.2) is 12.2 Å². The fraction of sp³-hybridized carbons (Fsp3) is 0.385. The summed E-state index contributed by atoms with van der Waals surface area (Å²) in [7, 11) is 1.06. The largest absolute Gasteiger partial charge is 0.467 e. The number of carbonyl (C=O) groups excluding carboxylic acids is 2. The Morgan fingerprint density at radius 3 is 2.32 bits per heavy atom. The van der Waals surface area contributed by atoms with Gasteiger partial charge in [-0.25, -0.2) is 4.79 Å². The van der Waals surface area contributed by atoms with Crippen molar-refractivity contribution in [1.29, 1.82) is 0 Å². The summed E-state index contributed by atoms with van der Waals surface area (Å²) in [4.78, 5) is 22.5. The van der Waals surface area contributed by atoms with Crippen LogP contribution in [-0.2, 0) is 20.9 Å². The Morgan fingerprint density at radius 1 is 1.21 bits per heavy atom. The van der Waals surface area contributed by atoms with Gasteiger partial charge in [-0.2, -0.15) is 0 Å². The average Bonchev–Trinajstić information content (AvgIpc) is 2.43. The van der Waals surface area contributed by atoms with Gasteiger partial charge in [0.2, 0.25) is 0 Å². The van der Waals surface area contributed by atoms with Crippen molar-refractivity contribution in [2.75, 3.05) is 7.11 Å². The predicted octanol–water partition coefficient (Wildman–Crippen LogP) is -0.494. The molecule has 0 aromatic heterocycles. The van der Waals surface area contributed by atoms with Crippen molar-refractivity contribution in [2.45, 2.75) is 25.7 Å². The molecule has 1 aromatic carbocycles. The van der Waals surface area contributed by atoms with Crippen molar-refractivity contribution in [3.05, 3.63) is 35.4 Å². The number of methoxy groups -OCH3 is 1. The summed E-state index contributed by atoms with van der Waals surface area (Å²) in [6.45, 7) is 2.14. The molecule has 19 heavy (non-hydrogen) atoms. The van der Waals surface area contributed by atoms with E-state index >= 15 is 0 Å². The van der Waals surface area contributed by atoms with Gasteiger partial charge in [0.25, 0.3) is 5.91 Å². The van der Waals surface area contributed by atoms with Crippen molar-refractivity contribution in [2.24, 2.45) is 0 Å². The number of hydrogen-bond donors (Lipinski definition) is 3. The molecule has 0 radical (unpaired) electrons. The van der Waals surface area contributed by atoms with Gasteiger partial charge in [-0.15, -0.1) is 0 Å². The lowest BCUT2D eigenvalue weighted by molar-refractivity contribution is -0.161. The Labute approximate surface area is 111 Å². The number of hydrogen-bond acceptors (Lipinski definition) is 5. The molecule has 2 atom stereocenters. The molecule has 0 unspecified atom stereocenters. The van der Waals surface area contributed by atoms with E-state index < -0.39 is 24.1 Å². The summed E-state index contributed by atoms with van der Waals surface area (Å²) < 4.78 is 4.23. The Hall–Kier alpha value is -1.92. The molecule has 0 aliphatic heterocycles. The number of benzene rings is 1. The smallest absolute Gasteiger partial charge is 0.338 e. The van der Waals surface area contributed by atoms with Crippen LogP contribution in [-0.4, -0.2) is 41.4 Å². The van der Waals surface area contributed by atoms with Crippen LogP contribution in [0, 0.1) is 6.92 Å². The highest BCUT2D eigenvalue weighted by Gasteiger charge is 2.30. The number of amides is 1. The van der Waals surface area contributed by atoms with Crippen LogP contribution in [0.3, 0.4) is 0 Å². The maximum absolute atomic E-state index is 11.5. The molecule has 0 saturated heterocycles. The first-order chi connectivity index (χ1) is 8.95. The van der Waals surface area contributed by atoms with Crippen molar-refractivity contribution >= 4 is 11.9 Å². The SMILES string of the molecule is COC(=O)[C@H](O)[C@H](O)C(=O)NCc1ccc(C)cc1. The molecule has 104 valence electrons. The summed E-state index contributed by atoms with van der Waals surface area (Å²) in [6.07, 6.45) is -3.74. The van der Waals surface area contributed by atoms with Crippen LogP contribution in [0.2, 0.25) is 0 Å². The first-order valence-electron chi connectivity index (χ1n) is 5.73. The van der Waals surface area contributed by atoms with E-state index in [0.717, 1.165) is 18.2 Å². The van der Waals surface area contributed by atoms with E-state index in [-0.39, 0.29) is 6.54 Å². The van der Waals surface area contributed by atoms with Crippen LogP contribution < -0.4 is 5.32 Å². The third-order valence-corrected chi connectivity index (χ3v) is 2.60. The summed E-state index contributed by atoms with van der Waals surface area (Å²) in [5, 5.41) is 21.2. The minimum absolute atomic E-state index is 0.198. The fourth-order valence-electron chi connectivity index (χ4n) is 1.39. The van der Waals surface area contributed by atoms with Gasteiger partial charge in [0.1, 0.15) is 0 Å². The summed E-state index contributed by atoms with van der Waals surface area (Å²) >= 11 is 0. The molecule has 0 heterocycles. The molecule has 6 heteroatoms. The molecule has 1 amide bonds. The topological polar surface area (TPSA) is 95.9 Å². The highest BCUT2D eigenvalue weighted by molar-refractivity contribution is 5.88. The molecular formula is C13H17NO5. The second-order valence-electron chi connectivity index (χ2n) is 4.12. The lowest BCUT2D eigenvalue weighted by atomic mass is 10.1. The fourth-order valence-corrected chi connectivity index (χ4v) is 1.39. The molecule has 6 nitrogen and oxygen atoms in total. The molecule has 1 aromatic rings. The lowest BCUT2D eigenvalue weighted by Gasteiger charge is -2.15. The van der Waals surface area contributed by atoms with E-state index in [4.69, 9.17) is 0 Å². The molecule has 1 rings (SSSR count). The van der Waals surface area contributed by atoms with Crippen LogP contribution >= 0.6 is 0 Å². The van der Waals surface area contributed by atoms with Crippen molar-refractivity contribution < 1.29 is 24.5 Å². The van der Waals surface area contributed by atoms with E-state index in [1.54, 1.807) is 0 Å². The maximum atomic E-state index is 11.5. The zero-order chi connectivity index (χ0) is 14.4. The first kappa shape index (κ1) is 15.1. The standard InChI is InChI=1S/C13H17NO5/c1-8-3-5-9(6-4-8)7-14-12(17)10(15)11(16)13(18)19-2/h3-6,10-11,15-16H,7H2,1-2H3,(H,14,17)/t10-,11+/m0/s1. The van der Waals surface area contributed by atoms with Crippen molar-refractivity contribution in [3.63, 3.8) is 0 Å². The highest BCUT2D eigenvalue weighted by atomic mass is 16.5. The normalized spacial score (nSPS) is 13.5. The number of nitrogens with one attached hydrogen (secondary N) is 1. The van der Waals surface area contributed by atoms with E-state index in [9.17, 15) is 19.8 Å². The third-order valence-electron chi connectivity index (χ3n) is 2.60. The Balaban J connectivity index is 2.51. The predicted molar refractivity (Wildman–Crippen MR) is 67.1 cm³/mol. The molecule has 0 fully saturated rings. The van der Waals surface area contributed by atoms with Gasteiger partial charge in [0, 0.05) is 6.54 Å². The van der Waals surface area contributed by atoms with Crippen molar-refractivity contribution in [1.82, 2.24) is 5.32 Å². The van der Waals surface area contributed by atoms with Gasteiger partial charge < -0.3 is 20.3 Å². The molecule has 0 bridgehead atoms. The van der Waals surface area contributed by atoms with E-state index in [1.165, 1.54) is 0 Å². The van der Waals surface area contributed by atoms with Crippen molar-refractivity contribution in [3.8, 4) is 0 Å². The number of ether oxygens (including phenoxy) is 1. The summed E-state index contributed by atoms with van der Waals surface area (Å²) in [5.74, 6) is -1.89. The molecule has 0 spiro atoms. The highest BCUT2D eigenvalue weighted by Crippen LogP contribution is 2.03. The first-order valence-corrected chi connectivity index (χ1v) is 5.73. The number of esters is 1. The number of rotatable bonds is 5. The second kappa shape index (κ2) is 6.86. The minimum Gasteiger partial charge on any atom is -0.467 e. The van der Waals surface area contributed by atoms with E-state index in [1.807, 2.05) is 31.2 Å². The van der Waals surface area contributed by atoms with Crippen LogP contribution in [0.1, 0.15) is 11.1 Å². The van der Waals surface area contributed by atoms with Gasteiger partial charge in [-0.05, 0) is 12.5 Å². The molecule has 0 saturated carbocycles. The quantitative estimate of drug-likeness (QED) is 0.625. The zero-order valence-corrected chi connectivity index (χ0v) is 10.8. The maximum Gasteiger partial charge on any atom is 0.338 e.